The first-order valence-corrected chi connectivity index (χ1v) is 25.4. The molecule has 0 aliphatic carbocycles. The Bertz CT molecular complexity index is 1870. The number of carbonyl (C=O) groups is 2. The van der Waals surface area contributed by atoms with Crippen LogP contribution in [0.5, 0.6) is 0 Å². The lowest BCUT2D eigenvalue weighted by Gasteiger charge is -2.44. The van der Waals surface area contributed by atoms with Gasteiger partial charge in [0, 0.05) is 15.8 Å². The second-order valence-corrected chi connectivity index (χ2v) is 20.5. The second-order valence-electron chi connectivity index (χ2n) is 18.5. The van der Waals surface area contributed by atoms with Crippen molar-refractivity contribution in [1.29, 1.82) is 0 Å². The van der Waals surface area contributed by atoms with Gasteiger partial charge in [-0.1, -0.05) is 141 Å². The highest BCUT2D eigenvalue weighted by atomic mass is 32.1. The molecule has 2 aromatic carbocycles. The molecular weight excluding hydrogens is 869 g/mol. The predicted molar refractivity (Wildman–Crippen MR) is 272 cm³/mol. The fraction of sp³-hybridized carbons (Fsp3) is 0.556. The minimum atomic E-state index is -0.774. The summed E-state index contributed by atoms with van der Waals surface area (Å²) in [5, 5.41) is 28.2. The van der Waals surface area contributed by atoms with E-state index in [0.29, 0.717) is 25.6 Å². The number of hydrogen-bond donors (Lipinski definition) is 2. The van der Waals surface area contributed by atoms with Gasteiger partial charge in [-0.15, -0.1) is 22.7 Å². The highest BCUT2D eigenvalue weighted by molar-refractivity contribution is 7.10. The highest BCUT2D eigenvalue weighted by Crippen LogP contribution is 2.40. The van der Waals surface area contributed by atoms with E-state index in [1.165, 1.54) is 11.0 Å². The van der Waals surface area contributed by atoms with Crippen LogP contribution in [-0.2, 0) is 28.7 Å². The van der Waals surface area contributed by atoms with Gasteiger partial charge in [-0.05, 0) is 106 Å². The van der Waals surface area contributed by atoms with E-state index in [4.69, 9.17) is 14.4 Å². The number of esters is 2. The van der Waals surface area contributed by atoms with Crippen LogP contribution >= 0.6 is 22.7 Å². The number of unbranched alkanes of at least 4 members (excludes halogenated alkanes) is 2. The van der Waals surface area contributed by atoms with Crippen LogP contribution in [0.4, 0.5) is 0 Å². The quantitative estimate of drug-likeness (QED) is 0.0273. The molecule has 0 saturated carbocycles. The summed E-state index contributed by atoms with van der Waals surface area (Å²) in [5.41, 5.74) is 1.10. The third kappa shape index (κ3) is 19.5. The number of aliphatic hydroxyl groups excluding tert-OH is 2. The van der Waals surface area contributed by atoms with Crippen LogP contribution in [0.2, 0.25) is 0 Å². The average molecular weight is 951 g/mol. The van der Waals surface area contributed by atoms with Crippen molar-refractivity contribution < 1.29 is 39.0 Å². The molecule has 4 aromatic rings. The zero-order valence-corrected chi connectivity index (χ0v) is 43.6. The van der Waals surface area contributed by atoms with Crippen molar-refractivity contribution >= 4 is 34.6 Å². The maximum Gasteiger partial charge on any atom is 0.337 e. The van der Waals surface area contributed by atoms with Crippen LogP contribution in [0.15, 0.2) is 108 Å². The minimum Gasteiger partial charge on any atom is -0.464 e. The average Bonchev–Trinajstić information content (AvgIpc) is 4.05. The third-order valence-electron chi connectivity index (χ3n) is 11.0. The molecule has 66 heavy (non-hydrogen) atoms. The van der Waals surface area contributed by atoms with Gasteiger partial charge in [-0.25, -0.2) is 9.59 Å². The molecule has 2 aromatic heterocycles. The van der Waals surface area contributed by atoms with E-state index < -0.39 is 17.2 Å². The first kappa shape index (κ1) is 58.4. The van der Waals surface area contributed by atoms with Gasteiger partial charge in [0.1, 0.15) is 6.10 Å². The van der Waals surface area contributed by atoms with Crippen LogP contribution in [0.1, 0.15) is 160 Å². The van der Waals surface area contributed by atoms with Crippen LogP contribution in [0.3, 0.4) is 0 Å². The smallest absolute Gasteiger partial charge is 0.337 e. The van der Waals surface area contributed by atoms with Crippen molar-refractivity contribution in [3.8, 4) is 0 Å². The summed E-state index contributed by atoms with van der Waals surface area (Å²) in [6, 6.07) is 28.7. The topological polar surface area (TPSA) is 118 Å². The predicted octanol–water partition coefficient (Wildman–Crippen LogP) is 13.1. The second kappa shape index (κ2) is 30.6. The van der Waals surface area contributed by atoms with Crippen molar-refractivity contribution in [3.63, 3.8) is 0 Å². The van der Waals surface area contributed by atoms with Crippen molar-refractivity contribution in [2.45, 2.75) is 156 Å². The Kier molecular flexibility index (Phi) is 27.1. The number of ether oxygens (including phenoxy) is 2. The van der Waals surface area contributed by atoms with E-state index in [2.05, 4.69) is 108 Å². The van der Waals surface area contributed by atoms with Gasteiger partial charge in [0.15, 0.2) is 6.10 Å². The molecule has 0 bridgehead atoms. The summed E-state index contributed by atoms with van der Waals surface area (Å²) in [5.74, 6) is -0.00871. The molecule has 368 valence electrons. The zero-order chi connectivity index (χ0) is 49.3. The molecule has 10 nitrogen and oxygen atoms in total. The molecule has 0 fully saturated rings. The van der Waals surface area contributed by atoms with E-state index in [1.807, 2.05) is 92.6 Å². The Morgan fingerprint density at radius 3 is 1.48 bits per heavy atom. The van der Waals surface area contributed by atoms with Crippen molar-refractivity contribution in [1.82, 2.24) is 10.1 Å². The van der Waals surface area contributed by atoms with E-state index in [1.54, 1.807) is 22.7 Å². The van der Waals surface area contributed by atoms with Gasteiger partial charge >= 0.3 is 11.9 Å². The molecule has 0 radical (unpaired) electrons. The number of carbonyl (C=O) groups excluding carboxylic acids is 2. The maximum absolute atomic E-state index is 13.2. The first-order valence-electron chi connectivity index (χ1n) is 23.6. The normalized spacial score (nSPS) is 14.1. The first-order chi connectivity index (χ1) is 31.4. The molecule has 0 aliphatic heterocycles. The third-order valence-corrected chi connectivity index (χ3v) is 12.9. The molecule has 5 unspecified atom stereocenters. The lowest BCUT2D eigenvalue weighted by atomic mass is 9.94. The lowest BCUT2D eigenvalue weighted by molar-refractivity contribution is -0.283. The van der Waals surface area contributed by atoms with Gasteiger partial charge in [0.25, 0.3) is 0 Å². The molecule has 0 aliphatic rings. The Hall–Kier alpha value is -3.72. The van der Waals surface area contributed by atoms with E-state index in [0.717, 1.165) is 41.7 Å². The number of nitrogens with zero attached hydrogens (tertiary/aromatic N) is 2. The van der Waals surface area contributed by atoms with Gasteiger partial charge in [-0.2, -0.15) is 10.1 Å². The molecule has 0 amide bonds. The fourth-order valence-electron chi connectivity index (χ4n) is 6.96. The summed E-state index contributed by atoms with van der Waals surface area (Å²) in [4.78, 5) is 38.9. The van der Waals surface area contributed by atoms with Gasteiger partial charge < -0.3 is 19.7 Å². The van der Waals surface area contributed by atoms with Crippen LogP contribution in [-0.4, -0.2) is 75.9 Å². The Morgan fingerprint density at radius 2 is 1.09 bits per heavy atom. The number of benzene rings is 2. The molecule has 2 heterocycles. The van der Waals surface area contributed by atoms with E-state index in [9.17, 15) is 19.8 Å². The SMILES string of the molecule is C=CC(=O)OCCCC.CC(ON(C(c1cccs1)C(C)C)C(C)(C)CO)c1ccccc1.CCCCOC(=O)C(CC(C)c1ccccc1)ON(C(c1cccs1)C(C)C)C(C)(C)CO. The standard InChI is InChI=1S/C27H41NO4S.C20H29NO2S.C7H12O2/c1-7-8-16-31-26(30)23(18-21(4)22-13-10-9-11-14-22)32-28(27(5,6)19-29)25(20(2)3)24-15-12-17-33-24;1-15(2)19(18-12-9-13-24-18)21(20(4,5)14-22)23-16(3)17-10-7-6-8-11-17;1-3-5-6-9-7(8)4-2/h9-15,17,20-21,23,25,29H,7-8,16,18-19H2,1-6H3;6-13,15-16,19,22H,14H2,1-5H3;4H,2-3,5-6H2,1H3. The van der Waals surface area contributed by atoms with Crippen LogP contribution in [0.25, 0.3) is 0 Å². The summed E-state index contributed by atoms with van der Waals surface area (Å²) < 4.78 is 10.3. The van der Waals surface area contributed by atoms with Crippen molar-refractivity contribution in [2.24, 2.45) is 11.8 Å². The maximum atomic E-state index is 13.2. The number of thiophene rings is 2. The number of hydroxylamine groups is 4. The van der Waals surface area contributed by atoms with Crippen molar-refractivity contribution in [3.05, 3.63) is 129 Å². The molecule has 5 atom stereocenters. The summed E-state index contributed by atoms with van der Waals surface area (Å²) >= 11 is 3.39. The Labute approximate surface area is 405 Å². The monoisotopic (exact) mass is 951 g/mol. The summed E-state index contributed by atoms with van der Waals surface area (Å²) in [6.45, 7) is 28.9. The highest BCUT2D eigenvalue weighted by Gasteiger charge is 2.41. The molecule has 4 rings (SSSR count). The molecule has 2 N–H and O–H groups in total. The summed E-state index contributed by atoms with van der Waals surface area (Å²) in [7, 11) is 0. The zero-order valence-electron chi connectivity index (χ0n) is 42.0. The number of rotatable bonds is 26. The van der Waals surface area contributed by atoms with Gasteiger partial charge in [0.05, 0.1) is 49.6 Å². The molecule has 0 spiro atoms. The van der Waals surface area contributed by atoms with Crippen LogP contribution in [0, 0.1) is 11.8 Å². The molecule has 12 heteroatoms. The van der Waals surface area contributed by atoms with Crippen LogP contribution < -0.4 is 0 Å². The van der Waals surface area contributed by atoms with Gasteiger partial charge in [0.2, 0.25) is 0 Å². The summed E-state index contributed by atoms with van der Waals surface area (Å²) in [6.07, 6.45) is 4.56. The van der Waals surface area contributed by atoms with E-state index in [-0.39, 0.29) is 55.2 Å². The minimum absolute atomic E-state index is 0.0309. The van der Waals surface area contributed by atoms with E-state index >= 15 is 0 Å². The molecular formula is C54H82N2O8S2. The molecule has 0 saturated heterocycles. The number of hydrogen-bond acceptors (Lipinski definition) is 12. The largest absolute Gasteiger partial charge is 0.464 e. The Morgan fingerprint density at radius 1 is 0.652 bits per heavy atom. The number of aliphatic hydroxyl groups is 2. The van der Waals surface area contributed by atoms with Crippen molar-refractivity contribution in [2.75, 3.05) is 26.4 Å². The Balaban J connectivity index is 0.000000394. The fourth-order valence-corrected chi connectivity index (χ4v) is 8.91. The lowest BCUT2D eigenvalue weighted by Crippen LogP contribution is -2.52. The van der Waals surface area contributed by atoms with Gasteiger partial charge in [-0.3, -0.25) is 9.68 Å².